The van der Waals surface area contributed by atoms with Crippen LogP contribution in [0.2, 0.25) is 0 Å². The number of ether oxygens (including phenoxy) is 2. The van der Waals surface area contributed by atoms with Crippen molar-refractivity contribution in [3.8, 4) is 16.8 Å². The van der Waals surface area contributed by atoms with Gasteiger partial charge >= 0.3 is 0 Å². The summed E-state index contributed by atoms with van der Waals surface area (Å²) in [6, 6.07) is 3.82. The van der Waals surface area contributed by atoms with Crippen molar-refractivity contribution in [2.75, 3.05) is 6.61 Å². The molecule has 0 saturated heterocycles. The number of hydrogen-bond acceptors (Lipinski definition) is 5. The van der Waals surface area contributed by atoms with Gasteiger partial charge in [-0.05, 0) is 23.9 Å². The van der Waals surface area contributed by atoms with Gasteiger partial charge in [0, 0.05) is 0 Å². The number of aromatic nitrogens is 2. The molecule has 0 bridgehead atoms. The Morgan fingerprint density at radius 1 is 1.22 bits per heavy atom. The van der Waals surface area contributed by atoms with Gasteiger partial charge in [0.15, 0.2) is 5.06 Å². The van der Waals surface area contributed by atoms with Gasteiger partial charge in [-0.3, -0.25) is 4.98 Å². The second-order valence-electron chi connectivity index (χ2n) is 3.79. The molecule has 0 saturated carbocycles. The zero-order chi connectivity index (χ0) is 12.6. The number of thiophene rings is 1. The Balaban J connectivity index is 1.88. The fourth-order valence-corrected chi connectivity index (χ4v) is 1.99. The highest BCUT2D eigenvalue weighted by Gasteiger charge is 2.03. The third-order valence-corrected chi connectivity index (χ3v) is 3.03. The fraction of sp³-hybridized carbons (Fsp3) is 0.385. The highest BCUT2D eigenvalue weighted by molar-refractivity contribution is 7.11. The summed E-state index contributed by atoms with van der Waals surface area (Å²) >= 11 is 1.52. The molecule has 0 amide bonds. The minimum absolute atomic E-state index is 0.463. The first kappa shape index (κ1) is 12.8. The molecule has 4 nitrogen and oxygen atoms in total. The van der Waals surface area contributed by atoms with Crippen molar-refractivity contribution in [3.05, 3.63) is 29.9 Å². The van der Waals surface area contributed by atoms with E-state index < -0.39 is 0 Å². The van der Waals surface area contributed by atoms with Crippen LogP contribution >= 0.6 is 11.3 Å². The molecule has 0 radical (unpaired) electrons. The van der Waals surface area contributed by atoms with Crippen LogP contribution in [0.3, 0.4) is 0 Å². The van der Waals surface area contributed by atoms with E-state index >= 15 is 0 Å². The Kier molecular flexibility index (Phi) is 4.96. The third kappa shape index (κ3) is 4.00. The molecule has 0 aliphatic heterocycles. The van der Waals surface area contributed by atoms with E-state index in [0.29, 0.717) is 18.4 Å². The molecule has 2 heterocycles. The molecule has 2 aromatic rings. The summed E-state index contributed by atoms with van der Waals surface area (Å²) in [5.41, 5.74) is 0. The smallest absolute Gasteiger partial charge is 0.242 e. The lowest BCUT2D eigenvalue weighted by Gasteiger charge is -2.06. The van der Waals surface area contributed by atoms with Crippen LogP contribution < -0.4 is 9.47 Å². The SMILES string of the molecule is CCCCCOc1cncc(Oc2cccs2)n1. The molecule has 18 heavy (non-hydrogen) atoms. The van der Waals surface area contributed by atoms with E-state index in [1.807, 2.05) is 17.5 Å². The molecule has 0 aliphatic carbocycles. The van der Waals surface area contributed by atoms with Gasteiger partial charge < -0.3 is 9.47 Å². The molecule has 0 aliphatic rings. The Morgan fingerprint density at radius 2 is 2.11 bits per heavy atom. The van der Waals surface area contributed by atoms with Crippen molar-refractivity contribution >= 4 is 11.3 Å². The number of rotatable bonds is 7. The predicted molar refractivity (Wildman–Crippen MR) is 71.4 cm³/mol. The van der Waals surface area contributed by atoms with E-state index in [0.717, 1.165) is 11.5 Å². The predicted octanol–water partition coefficient (Wildman–Crippen LogP) is 3.90. The molecule has 2 rings (SSSR count). The van der Waals surface area contributed by atoms with E-state index in [2.05, 4.69) is 16.9 Å². The van der Waals surface area contributed by atoms with Crippen LogP contribution in [0, 0.1) is 0 Å². The van der Waals surface area contributed by atoms with E-state index in [4.69, 9.17) is 9.47 Å². The fourth-order valence-electron chi connectivity index (χ4n) is 1.40. The van der Waals surface area contributed by atoms with Crippen molar-refractivity contribution in [1.82, 2.24) is 9.97 Å². The normalized spacial score (nSPS) is 10.3. The average molecular weight is 264 g/mol. The number of nitrogens with zero attached hydrogens (tertiary/aromatic N) is 2. The molecular formula is C13H16N2O2S. The first-order chi connectivity index (χ1) is 8.88. The van der Waals surface area contributed by atoms with Gasteiger partial charge in [0.25, 0.3) is 0 Å². The van der Waals surface area contributed by atoms with Crippen LogP contribution in [-0.2, 0) is 0 Å². The van der Waals surface area contributed by atoms with Crippen molar-refractivity contribution in [1.29, 1.82) is 0 Å². The number of hydrogen-bond donors (Lipinski definition) is 0. The van der Waals surface area contributed by atoms with E-state index in [-0.39, 0.29) is 0 Å². The largest absolute Gasteiger partial charge is 0.476 e. The number of unbranched alkanes of at least 4 members (excludes halogenated alkanes) is 2. The second kappa shape index (κ2) is 6.96. The molecule has 0 atom stereocenters. The summed E-state index contributed by atoms with van der Waals surface area (Å²) in [5.74, 6) is 0.977. The highest BCUT2D eigenvalue weighted by atomic mass is 32.1. The van der Waals surface area contributed by atoms with Crippen LogP contribution in [0.1, 0.15) is 26.2 Å². The Labute approximate surface area is 111 Å². The summed E-state index contributed by atoms with van der Waals surface area (Å²) in [6.07, 6.45) is 6.56. The first-order valence-corrected chi connectivity index (χ1v) is 6.92. The average Bonchev–Trinajstić information content (AvgIpc) is 2.88. The van der Waals surface area contributed by atoms with Crippen LogP contribution in [0.15, 0.2) is 29.9 Å². The lowest BCUT2D eigenvalue weighted by Crippen LogP contribution is -2.00. The van der Waals surface area contributed by atoms with Gasteiger partial charge in [0.2, 0.25) is 11.8 Å². The summed E-state index contributed by atoms with van der Waals surface area (Å²) in [5, 5.41) is 2.75. The van der Waals surface area contributed by atoms with Gasteiger partial charge in [0.1, 0.15) is 0 Å². The minimum atomic E-state index is 0.463. The van der Waals surface area contributed by atoms with Crippen LogP contribution in [0.5, 0.6) is 16.8 Å². The molecule has 0 fully saturated rings. The van der Waals surface area contributed by atoms with Gasteiger partial charge in [0.05, 0.1) is 19.0 Å². The zero-order valence-corrected chi connectivity index (χ0v) is 11.2. The summed E-state index contributed by atoms with van der Waals surface area (Å²) in [7, 11) is 0. The summed E-state index contributed by atoms with van der Waals surface area (Å²) < 4.78 is 11.1. The van der Waals surface area contributed by atoms with E-state index in [1.165, 1.54) is 24.2 Å². The molecule has 0 N–H and O–H groups in total. The van der Waals surface area contributed by atoms with Crippen molar-refractivity contribution in [3.63, 3.8) is 0 Å². The maximum Gasteiger partial charge on any atom is 0.242 e. The van der Waals surface area contributed by atoms with Crippen molar-refractivity contribution in [2.24, 2.45) is 0 Å². The minimum Gasteiger partial charge on any atom is -0.476 e. The maximum absolute atomic E-state index is 5.55. The topological polar surface area (TPSA) is 44.2 Å². The highest BCUT2D eigenvalue weighted by Crippen LogP contribution is 2.24. The molecule has 0 spiro atoms. The van der Waals surface area contributed by atoms with Gasteiger partial charge in [-0.1, -0.05) is 19.8 Å². The molecule has 96 valence electrons. The lowest BCUT2D eigenvalue weighted by molar-refractivity contribution is 0.289. The van der Waals surface area contributed by atoms with Crippen LogP contribution in [0.4, 0.5) is 0 Å². The first-order valence-electron chi connectivity index (χ1n) is 6.04. The Hall–Kier alpha value is -1.62. The molecule has 2 aromatic heterocycles. The van der Waals surface area contributed by atoms with Gasteiger partial charge in [-0.2, -0.15) is 4.98 Å². The Morgan fingerprint density at radius 3 is 2.89 bits per heavy atom. The maximum atomic E-state index is 5.55. The molecule has 0 aromatic carbocycles. The second-order valence-corrected chi connectivity index (χ2v) is 4.70. The van der Waals surface area contributed by atoms with Crippen molar-refractivity contribution in [2.45, 2.75) is 26.2 Å². The van der Waals surface area contributed by atoms with Crippen LogP contribution in [0.25, 0.3) is 0 Å². The quantitative estimate of drug-likeness (QED) is 0.711. The van der Waals surface area contributed by atoms with E-state index in [1.54, 1.807) is 12.4 Å². The zero-order valence-electron chi connectivity index (χ0n) is 10.3. The molecule has 5 heteroatoms. The lowest BCUT2D eigenvalue weighted by atomic mass is 10.3. The van der Waals surface area contributed by atoms with Crippen LogP contribution in [-0.4, -0.2) is 16.6 Å². The standard InChI is InChI=1S/C13H16N2O2S/c1-2-3-4-7-16-11-9-14-10-12(15-11)17-13-6-5-8-18-13/h5-6,8-10H,2-4,7H2,1H3. The Bertz CT molecular complexity index is 460. The van der Waals surface area contributed by atoms with Gasteiger partial charge in [-0.15, -0.1) is 11.3 Å². The molecule has 0 unspecified atom stereocenters. The summed E-state index contributed by atoms with van der Waals surface area (Å²) in [6.45, 7) is 2.83. The monoisotopic (exact) mass is 264 g/mol. The molecular weight excluding hydrogens is 248 g/mol. The van der Waals surface area contributed by atoms with Gasteiger partial charge in [-0.25, -0.2) is 0 Å². The van der Waals surface area contributed by atoms with Crippen molar-refractivity contribution < 1.29 is 9.47 Å². The van der Waals surface area contributed by atoms with E-state index in [9.17, 15) is 0 Å². The summed E-state index contributed by atoms with van der Waals surface area (Å²) in [4.78, 5) is 8.30. The third-order valence-electron chi connectivity index (χ3n) is 2.29.